The molecule has 120 valence electrons. The number of ether oxygens (including phenoxy) is 2. The molecule has 0 saturated heterocycles. The topological polar surface area (TPSA) is 30.5 Å². The number of methoxy groups -OCH3 is 2. The van der Waals surface area contributed by atoms with Crippen molar-refractivity contribution in [3.8, 4) is 11.5 Å². The molecule has 21 heavy (non-hydrogen) atoms. The van der Waals surface area contributed by atoms with E-state index in [-0.39, 0.29) is 0 Å². The van der Waals surface area contributed by atoms with Crippen molar-refractivity contribution >= 4 is 15.9 Å². The molecule has 1 rings (SSSR count). The van der Waals surface area contributed by atoms with Crippen LogP contribution in [0.15, 0.2) is 16.6 Å². The fourth-order valence-corrected chi connectivity index (χ4v) is 2.77. The van der Waals surface area contributed by atoms with E-state index < -0.39 is 0 Å². The molecular formula is C17H28BrNO2. The first-order valence-corrected chi connectivity index (χ1v) is 8.41. The van der Waals surface area contributed by atoms with Gasteiger partial charge in [-0.1, -0.05) is 20.8 Å². The molecule has 4 heteroatoms. The van der Waals surface area contributed by atoms with Crippen molar-refractivity contribution < 1.29 is 9.47 Å². The zero-order valence-electron chi connectivity index (χ0n) is 13.8. The third-order valence-corrected chi connectivity index (χ3v) is 4.27. The predicted molar refractivity (Wildman–Crippen MR) is 92.5 cm³/mol. The summed E-state index contributed by atoms with van der Waals surface area (Å²) in [4.78, 5) is 0. The smallest absolute Gasteiger partial charge is 0.133 e. The highest BCUT2D eigenvalue weighted by molar-refractivity contribution is 9.10. The molecule has 0 aliphatic rings. The van der Waals surface area contributed by atoms with E-state index in [1.807, 2.05) is 6.07 Å². The highest BCUT2D eigenvalue weighted by Gasteiger charge is 2.11. The minimum atomic E-state index is 0.563. The monoisotopic (exact) mass is 357 g/mol. The Kier molecular flexibility index (Phi) is 8.12. The van der Waals surface area contributed by atoms with Gasteiger partial charge in [0.05, 0.1) is 18.7 Å². The number of benzene rings is 1. The lowest BCUT2D eigenvalue weighted by atomic mass is 9.97. The second kappa shape index (κ2) is 9.31. The number of rotatable bonds is 9. The van der Waals surface area contributed by atoms with Gasteiger partial charge in [-0.15, -0.1) is 0 Å². The first-order valence-electron chi connectivity index (χ1n) is 7.61. The van der Waals surface area contributed by atoms with Crippen molar-refractivity contribution in [1.82, 2.24) is 5.32 Å². The van der Waals surface area contributed by atoms with E-state index in [4.69, 9.17) is 9.47 Å². The lowest BCUT2D eigenvalue weighted by Crippen LogP contribution is -2.25. The summed E-state index contributed by atoms with van der Waals surface area (Å²) in [6, 6.07) is 4.62. The summed E-state index contributed by atoms with van der Waals surface area (Å²) in [6.45, 7) is 7.76. The van der Waals surface area contributed by atoms with Gasteiger partial charge in [-0.2, -0.15) is 0 Å². The first kappa shape index (κ1) is 18.3. The predicted octanol–water partition coefficient (Wildman–Crippen LogP) is 4.42. The van der Waals surface area contributed by atoms with E-state index in [0.717, 1.165) is 35.4 Å². The van der Waals surface area contributed by atoms with Crippen LogP contribution in [0.25, 0.3) is 0 Å². The maximum absolute atomic E-state index is 5.47. The Balaban J connectivity index is 2.57. The molecule has 1 N–H and O–H groups in total. The maximum atomic E-state index is 5.47. The molecule has 1 aromatic rings. The molecule has 0 aliphatic heterocycles. The van der Waals surface area contributed by atoms with Crippen LogP contribution in [0.4, 0.5) is 0 Å². The molecule has 1 atom stereocenters. The van der Waals surface area contributed by atoms with Crippen LogP contribution in [0.3, 0.4) is 0 Å². The first-order chi connectivity index (χ1) is 9.97. The third-order valence-electron chi connectivity index (χ3n) is 3.65. The Hall–Kier alpha value is -0.740. The van der Waals surface area contributed by atoms with Crippen molar-refractivity contribution in [2.45, 2.75) is 46.1 Å². The Labute approximate surface area is 137 Å². The number of aryl methyl sites for hydroxylation is 1. The second-order valence-corrected chi connectivity index (χ2v) is 6.69. The summed E-state index contributed by atoms with van der Waals surface area (Å²) in [5, 5.41) is 3.47. The SMILES string of the molecule is COc1cc(CCC(C)CCNC(C)C)c(OC)cc1Br. The molecule has 0 amide bonds. The summed E-state index contributed by atoms with van der Waals surface area (Å²) in [5.74, 6) is 2.48. The van der Waals surface area contributed by atoms with Gasteiger partial charge in [0.25, 0.3) is 0 Å². The van der Waals surface area contributed by atoms with Gasteiger partial charge in [0.15, 0.2) is 0 Å². The molecule has 3 nitrogen and oxygen atoms in total. The Morgan fingerprint density at radius 1 is 1.05 bits per heavy atom. The summed E-state index contributed by atoms with van der Waals surface area (Å²) in [5.41, 5.74) is 1.21. The Bertz CT molecular complexity index is 435. The molecule has 0 spiro atoms. The molecule has 0 radical (unpaired) electrons. The van der Waals surface area contributed by atoms with Gasteiger partial charge in [0, 0.05) is 6.04 Å². The van der Waals surface area contributed by atoms with Crippen LogP contribution in [0.2, 0.25) is 0 Å². The zero-order chi connectivity index (χ0) is 15.8. The lowest BCUT2D eigenvalue weighted by molar-refractivity contribution is 0.392. The summed E-state index contributed by atoms with van der Waals surface area (Å²) >= 11 is 3.50. The summed E-state index contributed by atoms with van der Waals surface area (Å²) < 4.78 is 11.8. The Morgan fingerprint density at radius 2 is 1.71 bits per heavy atom. The van der Waals surface area contributed by atoms with Gasteiger partial charge in [0.1, 0.15) is 11.5 Å². The van der Waals surface area contributed by atoms with Gasteiger partial charge in [-0.25, -0.2) is 0 Å². The van der Waals surface area contributed by atoms with Gasteiger partial charge >= 0.3 is 0 Å². The largest absolute Gasteiger partial charge is 0.496 e. The molecule has 1 aromatic carbocycles. The minimum Gasteiger partial charge on any atom is -0.496 e. The van der Waals surface area contributed by atoms with Gasteiger partial charge in [-0.05, 0) is 65.4 Å². The highest BCUT2D eigenvalue weighted by Crippen LogP contribution is 2.33. The second-order valence-electron chi connectivity index (χ2n) is 5.84. The van der Waals surface area contributed by atoms with Crippen molar-refractivity contribution in [3.63, 3.8) is 0 Å². The van der Waals surface area contributed by atoms with Crippen LogP contribution in [0.1, 0.15) is 39.2 Å². The van der Waals surface area contributed by atoms with E-state index in [9.17, 15) is 0 Å². The quantitative estimate of drug-likeness (QED) is 0.709. The van der Waals surface area contributed by atoms with Crippen molar-refractivity contribution in [1.29, 1.82) is 0 Å². The lowest BCUT2D eigenvalue weighted by Gasteiger charge is -2.16. The molecule has 0 saturated carbocycles. The summed E-state index contributed by atoms with van der Waals surface area (Å²) in [7, 11) is 3.41. The van der Waals surface area contributed by atoms with Crippen molar-refractivity contribution in [3.05, 3.63) is 22.2 Å². The average Bonchev–Trinajstić information content (AvgIpc) is 2.45. The van der Waals surface area contributed by atoms with Gasteiger partial charge in [0.2, 0.25) is 0 Å². The van der Waals surface area contributed by atoms with E-state index in [1.54, 1.807) is 14.2 Å². The van der Waals surface area contributed by atoms with Crippen molar-refractivity contribution in [2.75, 3.05) is 20.8 Å². The van der Waals surface area contributed by atoms with Crippen molar-refractivity contribution in [2.24, 2.45) is 5.92 Å². The van der Waals surface area contributed by atoms with Gasteiger partial charge < -0.3 is 14.8 Å². The zero-order valence-corrected chi connectivity index (χ0v) is 15.4. The van der Waals surface area contributed by atoms with E-state index in [0.29, 0.717) is 12.0 Å². The van der Waals surface area contributed by atoms with Crippen LogP contribution in [0, 0.1) is 5.92 Å². The molecule has 0 aromatic heterocycles. The maximum Gasteiger partial charge on any atom is 0.133 e. The number of hydrogen-bond acceptors (Lipinski definition) is 3. The minimum absolute atomic E-state index is 0.563. The number of nitrogens with one attached hydrogen (secondary N) is 1. The van der Waals surface area contributed by atoms with Crippen LogP contribution >= 0.6 is 15.9 Å². The third kappa shape index (κ3) is 6.27. The number of halogens is 1. The average molecular weight is 358 g/mol. The normalized spacial score (nSPS) is 12.5. The number of hydrogen-bond donors (Lipinski definition) is 1. The standard InChI is InChI=1S/C17H28BrNO2/c1-12(2)19-9-8-13(3)6-7-14-10-17(21-5)15(18)11-16(14)20-4/h10-13,19H,6-9H2,1-5H3. The van der Waals surface area contributed by atoms with Crippen LogP contribution in [-0.4, -0.2) is 26.8 Å². The van der Waals surface area contributed by atoms with Gasteiger partial charge in [-0.3, -0.25) is 0 Å². The molecule has 0 bridgehead atoms. The van der Waals surface area contributed by atoms with Crippen LogP contribution < -0.4 is 14.8 Å². The molecular weight excluding hydrogens is 330 g/mol. The molecule has 0 fully saturated rings. The molecule has 0 heterocycles. The summed E-state index contributed by atoms with van der Waals surface area (Å²) in [6.07, 6.45) is 3.37. The van der Waals surface area contributed by atoms with E-state index >= 15 is 0 Å². The molecule has 1 unspecified atom stereocenters. The van der Waals surface area contributed by atoms with E-state index in [2.05, 4.69) is 48.1 Å². The fraction of sp³-hybridized carbons (Fsp3) is 0.647. The fourth-order valence-electron chi connectivity index (χ4n) is 2.28. The van der Waals surface area contributed by atoms with E-state index in [1.165, 1.54) is 12.0 Å². The van der Waals surface area contributed by atoms with Crippen LogP contribution in [-0.2, 0) is 6.42 Å². The Morgan fingerprint density at radius 3 is 2.29 bits per heavy atom. The van der Waals surface area contributed by atoms with Crippen LogP contribution in [0.5, 0.6) is 11.5 Å². The highest BCUT2D eigenvalue weighted by atomic mass is 79.9. The molecule has 0 aliphatic carbocycles.